The van der Waals surface area contributed by atoms with Crippen LogP contribution in [-0.2, 0) is 0 Å². The van der Waals surface area contributed by atoms with E-state index in [0.29, 0.717) is 0 Å². The zero-order chi connectivity index (χ0) is 15.9. The summed E-state index contributed by atoms with van der Waals surface area (Å²) in [5.41, 5.74) is 3.58. The summed E-state index contributed by atoms with van der Waals surface area (Å²) in [6.45, 7) is 2.10. The van der Waals surface area contributed by atoms with Gasteiger partial charge in [0, 0.05) is 0 Å². The molecule has 0 fully saturated rings. The molecule has 0 saturated heterocycles. The van der Waals surface area contributed by atoms with E-state index in [1.54, 1.807) is 0 Å². The van der Waals surface area contributed by atoms with Crippen LogP contribution in [0.3, 0.4) is 0 Å². The number of para-hydroxylation sites is 1. The summed E-state index contributed by atoms with van der Waals surface area (Å²) >= 11 is 0. The van der Waals surface area contributed by atoms with E-state index in [0.717, 1.165) is 11.3 Å². The lowest BCUT2D eigenvalue weighted by atomic mass is 10.1. The maximum atomic E-state index is 6.16. The number of rotatable bonds is 5. The Morgan fingerprint density at radius 2 is 1.35 bits per heavy atom. The Kier molecular flexibility index (Phi) is 4.90. The molecular formula is C22H20O. The smallest absolute Gasteiger partial charge is 0.142 e. The van der Waals surface area contributed by atoms with Crippen LogP contribution >= 0.6 is 0 Å². The van der Waals surface area contributed by atoms with Gasteiger partial charge in [0.1, 0.15) is 11.9 Å². The zero-order valence-electron chi connectivity index (χ0n) is 13.2. The van der Waals surface area contributed by atoms with Crippen LogP contribution in [0.5, 0.6) is 5.75 Å². The van der Waals surface area contributed by atoms with Crippen LogP contribution in [0.25, 0.3) is 6.08 Å². The summed E-state index contributed by atoms with van der Waals surface area (Å²) in [6.07, 6.45) is 4.10. The normalized spacial score (nSPS) is 12.2. The molecule has 0 aliphatic carbocycles. The van der Waals surface area contributed by atoms with Gasteiger partial charge in [-0.1, -0.05) is 84.4 Å². The van der Waals surface area contributed by atoms with E-state index in [-0.39, 0.29) is 6.10 Å². The Hall–Kier alpha value is -2.80. The second-order valence-corrected chi connectivity index (χ2v) is 5.53. The first-order chi connectivity index (χ1) is 11.3. The number of aryl methyl sites for hydroxylation is 1. The largest absolute Gasteiger partial charge is 0.482 e. The monoisotopic (exact) mass is 300 g/mol. The fourth-order valence-corrected chi connectivity index (χ4v) is 2.38. The SMILES string of the molecule is Cc1ccc(/C=C/C(Oc2ccccc2)c2ccccc2)cc1. The predicted molar refractivity (Wildman–Crippen MR) is 96.5 cm³/mol. The first kappa shape index (κ1) is 15.1. The molecule has 1 atom stereocenters. The van der Waals surface area contributed by atoms with Gasteiger partial charge in [0.2, 0.25) is 0 Å². The second-order valence-electron chi connectivity index (χ2n) is 5.53. The summed E-state index contributed by atoms with van der Waals surface area (Å²) in [5, 5.41) is 0. The van der Waals surface area contributed by atoms with Gasteiger partial charge in [-0.2, -0.15) is 0 Å². The van der Waals surface area contributed by atoms with E-state index in [2.05, 4.69) is 55.5 Å². The molecule has 114 valence electrons. The molecule has 3 rings (SSSR count). The van der Waals surface area contributed by atoms with Crippen LogP contribution in [0.1, 0.15) is 22.8 Å². The van der Waals surface area contributed by atoms with Crippen molar-refractivity contribution in [3.8, 4) is 5.75 Å². The lowest BCUT2D eigenvalue weighted by Gasteiger charge is -2.16. The van der Waals surface area contributed by atoms with Gasteiger partial charge in [-0.05, 0) is 36.3 Å². The molecule has 0 heterocycles. The van der Waals surface area contributed by atoms with Crippen molar-refractivity contribution < 1.29 is 4.74 Å². The quantitative estimate of drug-likeness (QED) is 0.576. The summed E-state index contributed by atoms with van der Waals surface area (Å²) in [5.74, 6) is 0.870. The van der Waals surface area contributed by atoms with Gasteiger partial charge in [0.25, 0.3) is 0 Å². The van der Waals surface area contributed by atoms with E-state index < -0.39 is 0 Å². The molecule has 0 aromatic heterocycles. The fourth-order valence-electron chi connectivity index (χ4n) is 2.38. The van der Waals surface area contributed by atoms with E-state index in [1.807, 2.05) is 48.5 Å². The molecular weight excluding hydrogens is 280 g/mol. The van der Waals surface area contributed by atoms with Crippen molar-refractivity contribution in [1.82, 2.24) is 0 Å². The average Bonchev–Trinajstić information content (AvgIpc) is 2.61. The summed E-state index contributed by atoms with van der Waals surface area (Å²) in [6, 6.07) is 28.7. The second kappa shape index (κ2) is 7.46. The molecule has 0 spiro atoms. The molecule has 0 amide bonds. The third kappa shape index (κ3) is 4.33. The maximum absolute atomic E-state index is 6.16. The van der Waals surface area contributed by atoms with Crippen LogP contribution in [0.15, 0.2) is 91.0 Å². The molecule has 0 saturated carbocycles. The van der Waals surface area contributed by atoms with Crippen molar-refractivity contribution in [1.29, 1.82) is 0 Å². The third-order valence-corrected chi connectivity index (χ3v) is 3.68. The Labute approximate surface area is 137 Å². The van der Waals surface area contributed by atoms with Gasteiger partial charge in [-0.15, -0.1) is 0 Å². The summed E-state index contributed by atoms with van der Waals surface area (Å²) in [4.78, 5) is 0. The van der Waals surface area contributed by atoms with E-state index in [4.69, 9.17) is 4.74 Å². The molecule has 1 heteroatoms. The van der Waals surface area contributed by atoms with Gasteiger partial charge in [0.05, 0.1) is 0 Å². The Balaban J connectivity index is 1.84. The molecule has 3 aromatic rings. The first-order valence-electron chi connectivity index (χ1n) is 7.83. The highest BCUT2D eigenvalue weighted by atomic mass is 16.5. The van der Waals surface area contributed by atoms with E-state index in [9.17, 15) is 0 Å². The minimum Gasteiger partial charge on any atom is -0.482 e. The van der Waals surface area contributed by atoms with E-state index in [1.165, 1.54) is 11.1 Å². The van der Waals surface area contributed by atoms with Gasteiger partial charge in [-0.3, -0.25) is 0 Å². The predicted octanol–water partition coefficient (Wildman–Crippen LogP) is 5.83. The van der Waals surface area contributed by atoms with Gasteiger partial charge in [0.15, 0.2) is 0 Å². The molecule has 1 nitrogen and oxygen atoms in total. The van der Waals surface area contributed by atoms with Gasteiger partial charge >= 0.3 is 0 Å². The Morgan fingerprint density at radius 1 is 0.739 bits per heavy atom. The third-order valence-electron chi connectivity index (χ3n) is 3.68. The summed E-state index contributed by atoms with van der Waals surface area (Å²) in [7, 11) is 0. The molecule has 0 radical (unpaired) electrons. The summed E-state index contributed by atoms with van der Waals surface area (Å²) < 4.78 is 6.16. The zero-order valence-corrected chi connectivity index (χ0v) is 13.2. The Morgan fingerprint density at radius 3 is 2.00 bits per heavy atom. The lowest BCUT2D eigenvalue weighted by molar-refractivity contribution is 0.256. The average molecular weight is 300 g/mol. The Bertz CT molecular complexity index is 743. The van der Waals surface area contributed by atoms with Crippen LogP contribution in [-0.4, -0.2) is 0 Å². The van der Waals surface area contributed by atoms with Crippen LogP contribution < -0.4 is 4.74 Å². The molecule has 0 aliphatic heterocycles. The van der Waals surface area contributed by atoms with Crippen molar-refractivity contribution in [2.75, 3.05) is 0 Å². The number of benzene rings is 3. The van der Waals surface area contributed by atoms with Crippen molar-refractivity contribution >= 4 is 6.08 Å². The topological polar surface area (TPSA) is 9.23 Å². The number of ether oxygens (including phenoxy) is 1. The molecule has 0 bridgehead atoms. The van der Waals surface area contributed by atoms with Crippen molar-refractivity contribution in [2.45, 2.75) is 13.0 Å². The highest BCUT2D eigenvalue weighted by molar-refractivity contribution is 5.51. The van der Waals surface area contributed by atoms with Gasteiger partial charge < -0.3 is 4.74 Å². The fraction of sp³-hybridized carbons (Fsp3) is 0.0909. The minimum atomic E-state index is -0.111. The molecule has 1 unspecified atom stereocenters. The van der Waals surface area contributed by atoms with Crippen LogP contribution in [0.4, 0.5) is 0 Å². The minimum absolute atomic E-state index is 0.111. The molecule has 3 aromatic carbocycles. The molecule has 0 aliphatic rings. The van der Waals surface area contributed by atoms with Crippen LogP contribution in [0.2, 0.25) is 0 Å². The maximum Gasteiger partial charge on any atom is 0.142 e. The number of hydrogen-bond acceptors (Lipinski definition) is 1. The molecule has 23 heavy (non-hydrogen) atoms. The first-order valence-corrected chi connectivity index (χ1v) is 7.83. The highest BCUT2D eigenvalue weighted by Crippen LogP contribution is 2.23. The van der Waals surface area contributed by atoms with Crippen molar-refractivity contribution in [3.05, 3.63) is 108 Å². The van der Waals surface area contributed by atoms with E-state index >= 15 is 0 Å². The van der Waals surface area contributed by atoms with Crippen LogP contribution in [0, 0.1) is 6.92 Å². The van der Waals surface area contributed by atoms with Gasteiger partial charge in [-0.25, -0.2) is 0 Å². The van der Waals surface area contributed by atoms with Crippen molar-refractivity contribution in [2.24, 2.45) is 0 Å². The lowest BCUT2D eigenvalue weighted by Crippen LogP contribution is -2.04. The molecule has 0 N–H and O–H groups in total. The van der Waals surface area contributed by atoms with Crippen molar-refractivity contribution in [3.63, 3.8) is 0 Å². The number of hydrogen-bond donors (Lipinski definition) is 0. The highest BCUT2D eigenvalue weighted by Gasteiger charge is 2.09. The standard InChI is InChI=1S/C22H20O/c1-18-12-14-19(15-13-18)16-17-22(20-8-4-2-5-9-20)23-21-10-6-3-7-11-21/h2-17,22H,1H3/b17-16+.